The second-order valence-electron chi connectivity index (χ2n) is 8.69. The molecule has 3 aromatic rings. The van der Waals surface area contributed by atoms with E-state index < -0.39 is 0 Å². The van der Waals surface area contributed by atoms with E-state index in [0.29, 0.717) is 12.4 Å². The third-order valence-corrected chi connectivity index (χ3v) is 6.49. The van der Waals surface area contributed by atoms with Crippen molar-refractivity contribution < 1.29 is 19.0 Å². The minimum atomic E-state index is -0.355. The van der Waals surface area contributed by atoms with Crippen molar-refractivity contribution in [2.45, 2.75) is 25.9 Å². The van der Waals surface area contributed by atoms with Gasteiger partial charge in [-0.2, -0.15) is 0 Å². The molecule has 1 saturated heterocycles. The van der Waals surface area contributed by atoms with E-state index in [0.717, 1.165) is 40.1 Å². The Morgan fingerprint density at radius 3 is 2.45 bits per heavy atom. The molecule has 1 atom stereocenters. The van der Waals surface area contributed by atoms with Crippen molar-refractivity contribution in [1.82, 2.24) is 4.90 Å². The molecule has 2 aliphatic rings. The van der Waals surface area contributed by atoms with Crippen LogP contribution in [0.3, 0.4) is 0 Å². The van der Waals surface area contributed by atoms with E-state index in [4.69, 9.17) is 9.47 Å². The van der Waals surface area contributed by atoms with Crippen LogP contribution in [0, 0.1) is 5.82 Å². The summed E-state index contributed by atoms with van der Waals surface area (Å²) in [5.41, 5.74) is 4.66. The molecule has 3 aromatic carbocycles. The topological polar surface area (TPSA) is 41.9 Å². The van der Waals surface area contributed by atoms with Gasteiger partial charge in [-0.1, -0.05) is 24.3 Å². The highest BCUT2D eigenvalue weighted by Crippen LogP contribution is 2.47. The maximum atomic E-state index is 13.6. The van der Waals surface area contributed by atoms with Crippen LogP contribution in [-0.4, -0.2) is 36.2 Å². The van der Waals surface area contributed by atoms with Crippen molar-refractivity contribution in [3.05, 3.63) is 89.2 Å². The average molecular weight is 446 g/mol. The van der Waals surface area contributed by atoms with Crippen LogP contribution >= 0.6 is 0 Å². The Hall–Kier alpha value is -3.31. The fourth-order valence-corrected chi connectivity index (χ4v) is 4.71. The van der Waals surface area contributed by atoms with Crippen molar-refractivity contribution in [3.63, 3.8) is 0 Å². The Kier molecular flexibility index (Phi) is 6.05. The van der Waals surface area contributed by atoms with Gasteiger partial charge in [0.25, 0.3) is 0 Å². The number of nitrogens with zero attached hydrogens (tertiary/aromatic N) is 1. The summed E-state index contributed by atoms with van der Waals surface area (Å²) in [4.78, 5) is 2.43. The molecule has 1 unspecified atom stereocenters. The van der Waals surface area contributed by atoms with E-state index in [9.17, 15) is 9.50 Å². The monoisotopic (exact) mass is 445 g/mol. The van der Waals surface area contributed by atoms with Gasteiger partial charge in [0.2, 0.25) is 0 Å². The number of likely N-dealkylation sites (tertiary alicyclic amines) is 1. The first kappa shape index (κ1) is 21.5. The molecule has 0 bridgehead atoms. The molecule has 2 heterocycles. The second kappa shape index (κ2) is 9.28. The van der Waals surface area contributed by atoms with Crippen LogP contribution in [0.15, 0.2) is 66.7 Å². The summed E-state index contributed by atoms with van der Waals surface area (Å²) in [5.74, 6) is 1.46. The number of phenols is 1. The maximum Gasteiger partial charge on any atom is 0.150 e. The predicted octanol–water partition coefficient (Wildman–Crippen LogP) is 6.07. The van der Waals surface area contributed by atoms with Crippen LogP contribution in [0.4, 0.5) is 4.39 Å². The van der Waals surface area contributed by atoms with Gasteiger partial charge in [0.05, 0.1) is 0 Å². The molecular weight excluding hydrogens is 417 g/mol. The molecule has 2 aliphatic heterocycles. The molecule has 0 aliphatic carbocycles. The second-order valence-corrected chi connectivity index (χ2v) is 8.69. The van der Waals surface area contributed by atoms with E-state index in [1.54, 1.807) is 30.3 Å². The lowest BCUT2D eigenvalue weighted by atomic mass is 9.86. The SMILES string of the molecule is CC1=C(c2ccc(F)cc2)C(c2ccc(OCCN3CCCC3)cc2)Oc2ccc(O)cc21. The first-order chi connectivity index (χ1) is 16.1. The standard InChI is InChI=1S/C28H28FNO3/c1-19-25-18-23(31)10-13-26(25)33-28(27(19)20-4-8-22(29)9-5-20)21-6-11-24(12-7-21)32-17-16-30-14-2-3-15-30/h4-13,18,28,31H,2-3,14-17H2,1H3. The van der Waals surface area contributed by atoms with Crippen molar-refractivity contribution in [1.29, 1.82) is 0 Å². The quantitative estimate of drug-likeness (QED) is 0.500. The summed E-state index contributed by atoms with van der Waals surface area (Å²) in [7, 11) is 0. The molecule has 4 nitrogen and oxygen atoms in total. The van der Waals surface area contributed by atoms with Gasteiger partial charge in [-0.3, -0.25) is 4.90 Å². The number of halogens is 1. The van der Waals surface area contributed by atoms with Gasteiger partial charge in [-0.25, -0.2) is 4.39 Å². The molecule has 33 heavy (non-hydrogen) atoms. The molecule has 1 fully saturated rings. The fourth-order valence-electron chi connectivity index (χ4n) is 4.71. The smallest absolute Gasteiger partial charge is 0.150 e. The molecule has 5 heteroatoms. The Labute approximate surface area is 193 Å². The van der Waals surface area contributed by atoms with Gasteiger partial charge in [-0.05, 0) is 92.0 Å². The first-order valence-corrected chi connectivity index (χ1v) is 11.5. The van der Waals surface area contributed by atoms with Gasteiger partial charge < -0.3 is 14.6 Å². The zero-order valence-corrected chi connectivity index (χ0v) is 18.8. The van der Waals surface area contributed by atoms with Crippen LogP contribution < -0.4 is 9.47 Å². The number of aromatic hydroxyl groups is 1. The van der Waals surface area contributed by atoms with Crippen molar-refractivity contribution >= 4 is 11.1 Å². The Balaban J connectivity index is 1.42. The number of rotatable bonds is 6. The van der Waals surface area contributed by atoms with Crippen LogP contribution in [0.5, 0.6) is 17.2 Å². The average Bonchev–Trinajstić information content (AvgIpc) is 3.34. The van der Waals surface area contributed by atoms with Gasteiger partial charge in [0.1, 0.15) is 35.8 Å². The van der Waals surface area contributed by atoms with Gasteiger partial charge in [0.15, 0.2) is 0 Å². The number of hydrogen-bond donors (Lipinski definition) is 1. The normalized spacial score (nSPS) is 18.2. The Morgan fingerprint density at radius 1 is 1.00 bits per heavy atom. The van der Waals surface area contributed by atoms with Crippen LogP contribution in [0.1, 0.15) is 42.6 Å². The minimum Gasteiger partial charge on any atom is -0.508 e. The molecule has 0 spiro atoms. The highest BCUT2D eigenvalue weighted by molar-refractivity contribution is 5.95. The molecule has 0 radical (unpaired) electrons. The number of hydrogen-bond acceptors (Lipinski definition) is 4. The summed E-state index contributed by atoms with van der Waals surface area (Å²) < 4.78 is 26.0. The lowest BCUT2D eigenvalue weighted by molar-refractivity contribution is 0.237. The Morgan fingerprint density at radius 2 is 1.73 bits per heavy atom. The molecule has 170 valence electrons. The van der Waals surface area contributed by atoms with Crippen molar-refractivity contribution in [2.24, 2.45) is 0 Å². The zero-order chi connectivity index (χ0) is 22.8. The number of ether oxygens (including phenoxy) is 2. The van der Waals surface area contributed by atoms with E-state index in [1.807, 2.05) is 31.2 Å². The lowest BCUT2D eigenvalue weighted by Crippen LogP contribution is -2.25. The van der Waals surface area contributed by atoms with Gasteiger partial charge in [-0.15, -0.1) is 0 Å². The minimum absolute atomic E-state index is 0.184. The first-order valence-electron chi connectivity index (χ1n) is 11.5. The summed E-state index contributed by atoms with van der Waals surface area (Å²) in [6.07, 6.45) is 2.20. The Bertz CT molecular complexity index is 1150. The van der Waals surface area contributed by atoms with E-state index in [2.05, 4.69) is 4.90 Å². The maximum absolute atomic E-state index is 13.6. The van der Waals surface area contributed by atoms with Gasteiger partial charge in [0, 0.05) is 17.7 Å². The molecule has 5 rings (SSSR count). The number of fused-ring (bicyclic) bond motifs is 1. The third-order valence-electron chi connectivity index (χ3n) is 6.49. The van der Waals surface area contributed by atoms with Crippen LogP contribution in [0.25, 0.3) is 11.1 Å². The summed E-state index contributed by atoms with van der Waals surface area (Å²) in [6, 6.07) is 19.6. The lowest BCUT2D eigenvalue weighted by Gasteiger charge is -2.31. The number of phenolic OH excluding ortho intramolecular Hbond substituents is 1. The molecule has 0 saturated carbocycles. The molecule has 0 aromatic heterocycles. The summed E-state index contributed by atoms with van der Waals surface area (Å²) in [6.45, 7) is 5.98. The number of benzene rings is 3. The highest BCUT2D eigenvalue weighted by Gasteiger charge is 2.29. The van der Waals surface area contributed by atoms with Crippen LogP contribution in [0.2, 0.25) is 0 Å². The molecule has 1 N–H and O–H groups in total. The van der Waals surface area contributed by atoms with Crippen molar-refractivity contribution in [3.8, 4) is 17.2 Å². The molecular formula is C28H28FNO3. The van der Waals surface area contributed by atoms with Gasteiger partial charge >= 0.3 is 0 Å². The number of allylic oxidation sites excluding steroid dienone is 1. The predicted molar refractivity (Wildman–Crippen MR) is 128 cm³/mol. The fraction of sp³-hybridized carbons (Fsp3) is 0.286. The third kappa shape index (κ3) is 4.60. The van der Waals surface area contributed by atoms with E-state index in [1.165, 1.54) is 38.1 Å². The summed E-state index contributed by atoms with van der Waals surface area (Å²) >= 11 is 0. The van der Waals surface area contributed by atoms with Crippen LogP contribution in [-0.2, 0) is 0 Å². The molecule has 0 amide bonds. The van der Waals surface area contributed by atoms with E-state index in [-0.39, 0.29) is 17.7 Å². The highest BCUT2D eigenvalue weighted by atomic mass is 19.1. The zero-order valence-electron chi connectivity index (χ0n) is 18.8. The van der Waals surface area contributed by atoms with E-state index >= 15 is 0 Å². The largest absolute Gasteiger partial charge is 0.508 e. The van der Waals surface area contributed by atoms with Crippen molar-refractivity contribution in [2.75, 3.05) is 26.2 Å². The summed E-state index contributed by atoms with van der Waals surface area (Å²) in [5, 5.41) is 10.0.